The Morgan fingerprint density at radius 1 is 1.33 bits per heavy atom. The van der Waals surface area contributed by atoms with Gasteiger partial charge in [-0.05, 0) is 30.9 Å². The van der Waals surface area contributed by atoms with E-state index in [0.717, 1.165) is 24.8 Å². The van der Waals surface area contributed by atoms with E-state index in [-0.39, 0.29) is 18.3 Å². The molecule has 3 rings (SSSR count). The average Bonchev–Trinajstić information content (AvgIpc) is 2.53. The zero-order valence-corrected chi connectivity index (χ0v) is 11.6. The number of carbonyl (C=O) groups is 1. The molecule has 0 aliphatic carbocycles. The number of carboxylic acids is 1. The molecule has 0 radical (unpaired) electrons. The maximum atomic E-state index is 11.2. The molecule has 0 bridgehead atoms. The number of benzene rings is 1. The highest BCUT2D eigenvalue weighted by Gasteiger charge is 2.23. The standard InChI is InChI=1S/C15H17N3O3/c19-9-10-4-3-7-18(8-10)14-11-5-1-2-6-12(11)16-13(17-14)15(20)21/h1-2,5-6,10,19H,3-4,7-9H2,(H,20,21). The van der Waals surface area contributed by atoms with Gasteiger partial charge in [-0.25, -0.2) is 14.8 Å². The number of piperidine rings is 1. The summed E-state index contributed by atoms with van der Waals surface area (Å²) in [6.07, 6.45) is 1.95. The zero-order chi connectivity index (χ0) is 14.8. The van der Waals surface area contributed by atoms with E-state index in [2.05, 4.69) is 14.9 Å². The molecule has 1 atom stereocenters. The van der Waals surface area contributed by atoms with Gasteiger partial charge in [-0.1, -0.05) is 12.1 Å². The Balaban J connectivity index is 2.09. The predicted octanol–water partition coefficient (Wildman–Crippen LogP) is 1.54. The van der Waals surface area contributed by atoms with Gasteiger partial charge in [0.1, 0.15) is 5.82 Å². The average molecular weight is 287 g/mol. The van der Waals surface area contributed by atoms with Crippen LogP contribution in [0.15, 0.2) is 24.3 Å². The molecule has 1 saturated heterocycles. The van der Waals surface area contributed by atoms with Crippen LogP contribution in [0.3, 0.4) is 0 Å². The number of nitrogens with zero attached hydrogens (tertiary/aromatic N) is 3. The van der Waals surface area contributed by atoms with Gasteiger partial charge in [0.15, 0.2) is 0 Å². The SMILES string of the molecule is O=C(O)c1nc(N2CCCC(CO)C2)c2ccccc2n1. The van der Waals surface area contributed by atoms with Crippen molar-refractivity contribution in [3.8, 4) is 0 Å². The van der Waals surface area contributed by atoms with Gasteiger partial charge in [-0.15, -0.1) is 0 Å². The second-order valence-corrected chi connectivity index (χ2v) is 5.33. The van der Waals surface area contributed by atoms with Crippen LogP contribution in [0.5, 0.6) is 0 Å². The van der Waals surface area contributed by atoms with Crippen molar-refractivity contribution < 1.29 is 15.0 Å². The molecule has 1 fully saturated rings. The van der Waals surface area contributed by atoms with Crippen LogP contribution in [0, 0.1) is 5.92 Å². The number of fused-ring (bicyclic) bond motifs is 1. The van der Waals surface area contributed by atoms with Crippen molar-refractivity contribution in [3.63, 3.8) is 0 Å². The first-order chi connectivity index (χ1) is 10.2. The third-order valence-corrected chi connectivity index (χ3v) is 3.85. The maximum absolute atomic E-state index is 11.2. The van der Waals surface area contributed by atoms with Crippen LogP contribution in [0.1, 0.15) is 23.5 Å². The summed E-state index contributed by atoms with van der Waals surface area (Å²) in [5.74, 6) is -0.454. The first-order valence-corrected chi connectivity index (χ1v) is 7.05. The molecular formula is C15H17N3O3. The van der Waals surface area contributed by atoms with Crippen molar-refractivity contribution in [3.05, 3.63) is 30.1 Å². The van der Waals surface area contributed by atoms with Gasteiger partial charge in [0.25, 0.3) is 0 Å². The van der Waals surface area contributed by atoms with Gasteiger partial charge in [-0.3, -0.25) is 0 Å². The number of aliphatic hydroxyl groups excluding tert-OH is 1. The minimum Gasteiger partial charge on any atom is -0.475 e. The molecular weight excluding hydrogens is 270 g/mol. The summed E-state index contributed by atoms with van der Waals surface area (Å²) in [6.45, 7) is 1.65. The molecule has 1 unspecified atom stereocenters. The fourth-order valence-corrected chi connectivity index (χ4v) is 2.80. The Hall–Kier alpha value is -2.21. The summed E-state index contributed by atoms with van der Waals surface area (Å²) in [4.78, 5) is 21.6. The lowest BCUT2D eigenvalue weighted by atomic mass is 9.99. The Morgan fingerprint density at radius 3 is 2.90 bits per heavy atom. The number of hydrogen-bond acceptors (Lipinski definition) is 5. The molecule has 0 amide bonds. The number of aromatic nitrogens is 2. The molecule has 1 aromatic carbocycles. The van der Waals surface area contributed by atoms with Crippen molar-refractivity contribution >= 4 is 22.7 Å². The third-order valence-electron chi connectivity index (χ3n) is 3.85. The van der Waals surface area contributed by atoms with Crippen LogP contribution in [0.2, 0.25) is 0 Å². The lowest BCUT2D eigenvalue weighted by Gasteiger charge is -2.33. The fraction of sp³-hybridized carbons (Fsp3) is 0.400. The van der Waals surface area contributed by atoms with E-state index < -0.39 is 5.97 Å². The van der Waals surface area contributed by atoms with E-state index in [4.69, 9.17) is 0 Å². The van der Waals surface area contributed by atoms with Gasteiger partial charge in [-0.2, -0.15) is 0 Å². The van der Waals surface area contributed by atoms with Crippen molar-refractivity contribution in [1.82, 2.24) is 9.97 Å². The molecule has 110 valence electrons. The second kappa shape index (κ2) is 5.65. The molecule has 1 aliphatic heterocycles. The predicted molar refractivity (Wildman–Crippen MR) is 78.5 cm³/mol. The maximum Gasteiger partial charge on any atom is 0.374 e. The quantitative estimate of drug-likeness (QED) is 0.890. The van der Waals surface area contributed by atoms with Crippen LogP contribution in [-0.2, 0) is 0 Å². The monoisotopic (exact) mass is 287 g/mol. The molecule has 1 aromatic heterocycles. The minimum atomic E-state index is -1.13. The first kappa shape index (κ1) is 13.8. The van der Waals surface area contributed by atoms with Gasteiger partial charge in [0.05, 0.1) is 5.52 Å². The molecule has 0 spiro atoms. The number of anilines is 1. The van der Waals surface area contributed by atoms with Crippen molar-refractivity contribution in [2.75, 3.05) is 24.6 Å². The van der Waals surface area contributed by atoms with E-state index >= 15 is 0 Å². The van der Waals surface area contributed by atoms with Crippen molar-refractivity contribution in [2.24, 2.45) is 5.92 Å². The highest BCUT2D eigenvalue weighted by molar-refractivity contribution is 5.93. The molecule has 21 heavy (non-hydrogen) atoms. The number of aliphatic hydroxyl groups is 1. The summed E-state index contributed by atoms with van der Waals surface area (Å²) in [5, 5.41) is 19.4. The van der Waals surface area contributed by atoms with Gasteiger partial charge in [0, 0.05) is 25.1 Å². The first-order valence-electron chi connectivity index (χ1n) is 7.05. The summed E-state index contributed by atoms with van der Waals surface area (Å²) < 4.78 is 0. The Kier molecular flexibility index (Phi) is 3.70. The summed E-state index contributed by atoms with van der Waals surface area (Å²) in [6, 6.07) is 7.42. The minimum absolute atomic E-state index is 0.144. The van der Waals surface area contributed by atoms with E-state index in [1.807, 2.05) is 18.2 Å². The molecule has 6 nitrogen and oxygen atoms in total. The van der Waals surface area contributed by atoms with E-state index in [1.54, 1.807) is 6.07 Å². The number of hydrogen-bond donors (Lipinski definition) is 2. The lowest BCUT2D eigenvalue weighted by molar-refractivity contribution is 0.0684. The van der Waals surface area contributed by atoms with Crippen LogP contribution < -0.4 is 4.90 Å². The molecule has 2 heterocycles. The summed E-state index contributed by atoms with van der Waals surface area (Å²) in [5.41, 5.74) is 0.631. The smallest absolute Gasteiger partial charge is 0.374 e. The third kappa shape index (κ3) is 2.67. The van der Waals surface area contributed by atoms with E-state index in [9.17, 15) is 15.0 Å². The Labute approximate surface area is 122 Å². The van der Waals surface area contributed by atoms with Crippen molar-refractivity contribution in [2.45, 2.75) is 12.8 Å². The van der Waals surface area contributed by atoms with Gasteiger partial charge >= 0.3 is 5.97 Å². The highest BCUT2D eigenvalue weighted by Crippen LogP contribution is 2.28. The Bertz CT molecular complexity index is 674. The molecule has 1 aliphatic rings. The topological polar surface area (TPSA) is 86.5 Å². The van der Waals surface area contributed by atoms with Crippen molar-refractivity contribution in [1.29, 1.82) is 0 Å². The van der Waals surface area contributed by atoms with Gasteiger partial charge in [0.2, 0.25) is 5.82 Å². The van der Waals surface area contributed by atoms with E-state index in [1.165, 1.54) is 0 Å². The summed E-state index contributed by atoms with van der Waals surface area (Å²) in [7, 11) is 0. The Morgan fingerprint density at radius 2 is 2.14 bits per heavy atom. The van der Waals surface area contributed by atoms with Crippen LogP contribution in [0.4, 0.5) is 5.82 Å². The number of carboxylic acid groups (broad SMARTS) is 1. The lowest BCUT2D eigenvalue weighted by Crippen LogP contribution is -2.37. The summed E-state index contributed by atoms with van der Waals surface area (Å²) >= 11 is 0. The second-order valence-electron chi connectivity index (χ2n) is 5.33. The molecule has 6 heteroatoms. The molecule has 2 N–H and O–H groups in total. The van der Waals surface area contributed by atoms with Crippen LogP contribution in [0.25, 0.3) is 10.9 Å². The number of para-hydroxylation sites is 1. The van der Waals surface area contributed by atoms with Crippen LogP contribution >= 0.6 is 0 Å². The number of rotatable bonds is 3. The highest BCUT2D eigenvalue weighted by atomic mass is 16.4. The fourth-order valence-electron chi connectivity index (χ4n) is 2.80. The number of aromatic carboxylic acids is 1. The molecule has 0 saturated carbocycles. The molecule has 2 aromatic rings. The van der Waals surface area contributed by atoms with Gasteiger partial charge < -0.3 is 15.1 Å². The largest absolute Gasteiger partial charge is 0.475 e. The normalized spacial score (nSPS) is 18.9. The van der Waals surface area contributed by atoms with Crippen LogP contribution in [-0.4, -0.2) is 45.8 Å². The zero-order valence-electron chi connectivity index (χ0n) is 11.6. The van der Waals surface area contributed by atoms with E-state index in [0.29, 0.717) is 17.9 Å².